The fourth-order valence-electron chi connectivity index (χ4n) is 3.46. The number of rotatable bonds is 8. The van der Waals surface area contributed by atoms with Crippen LogP contribution in [0.5, 0.6) is 0 Å². The van der Waals surface area contributed by atoms with Gasteiger partial charge in [0, 0.05) is 34.5 Å². The lowest BCUT2D eigenvalue weighted by atomic mass is 10.0. The highest BCUT2D eigenvalue weighted by Crippen LogP contribution is 2.33. The van der Waals surface area contributed by atoms with Crippen molar-refractivity contribution in [3.05, 3.63) is 83.4 Å². The summed E-state index contributed by atoms with van der Waals surface area (Å²) in [7, 11) is 0. The molecule has 0 aliphatic carbocycles. The van der Waals surface area contributed by atoms with E-state index in [2.05, 4.69) is 48.3 Å². The summed E-state index contributed by atoms with van der Waals surface area (Å²) in [6.45, 7) is 3.34. The van der Waals surface area contributed by atoms with Crippen molar-refractivity contribution in [2.24, 2.45) is 0 Å². The molecule has 29 heavy (non-hydrogen) atoms. The van der Waals surface area contributed by atoms with Gasteiger partial charge in [0.2, 0.25) is 0 Å². The number of hydrogen-bond acceptors (Lipinski definition) is 4. The van der Waals surface area contributed by atoms with Crippen LogP contribution in [0.4, 0.5) is 0 Å². The third-order valence-electron chi connectivity index (χ3n) is 5.06. The molecule has 0 saturated carbocycles. The molecule has 2 atom stereocenters. The van der Waals surface area contributed by atoms with Crippen molar-refractivity contribution in [3.63, 3.8) is 0 Å². The van der Waals surface area contributed by atoms with Crippen molar-refractivity contribution in [3.8, 4) is 0 Å². The minimum Gasteiger partial charge on any atom is -0.345 e. The monoisotopic (exact) mass is 428 g/mol. The highest BCUT2D eigenvalue weighted by Gasteiger charge is 2.41. The van der Waals surface area contributed by atoms with Crippen LogP contribution in [0.2, 0.25) is 5.02 Å². The van der Waals surface area contributed by atoms with Gasteiger partial charge in [-0.15, -0.1) is 11.8 Å². The number of ether oxygens (including phenoxy) is 2. The van der Waals surface area contributed by atoms with Crippen LogP contribution in [0.25, 0.3) is 0 Å². The Morgan fingerprint density at radius 3 is 2.69 bits per heavy atom. The Balaban J connectivity index is 1.40. The molecule has 0 N–H and O–H groups in total. The van der Waals surface area contributed by atoms with E-state index in [9.17, 15) is 0 Å². The Labute approximate surface area is 181 Å². The second-order valence-electron chi connectivity index (χ2n) is 7.45. The highest BCUT2D eigenvalue weighted by molar-refractivity contribution is 7.99. The first kappa shape index (κ1) is 20.5. The topological polar surface area (TPSA) is 36.3 Å². The standard InChI is InChI=1S/C23H25ClN2O2S/c1-18-2-8-22(9-3-18)29-15-21-14-27-23(28-21,16-26-13-12-25-17-26)11-10-19-4-6-20(24)7-5-19/h2-9,12-13,17,21H,10-11,14-16H2,1H3/t21-,23-/m1/s1. The summed E-state index contributed by atoms with van der Waals surface area (Å²) in [5, 5.41) is 0.753. The summed E-state index contributed by atoms with van der Waals surface area (Å²) in [4.78, 5) is 5.42. The molecule has 0 unspecified atom stereocenters. The molecule has 2 heterocycles. The van der Waals surface area contributed by atoms with Gasteiger partial charge in [-0.2, -0.15) is 0 Å². The van der Waals surface area contributed by atoms with E-state index in [1.165, 1.54) is 16.0 Å². The van der Waals surface area contributed by atoms with Crippen LogP contribution in [-0.4, -0.2) is 33.8 Å². The van der Waals surface area contributed by atoms with Gasteiger partial charge in [-0.25, -0.2) is 4.98 Å². The molecule has 1 saturated heterocycles. The summed E-state index contributed by atoms with van der Waals surface area (Å²) in [6.07, 6.45) is 7.25. The highest BCUT2D eigenvalue weighted by atomic mass is 35.5. The van der Waals surface area contributed by atoms with E-state index in [4.69, 9.17) is 21.1 Å². The summed E-state index contributed by atoms with van der Waals surface area (Å²) in [6, 6.07) is 16.6. The smallest absolute Gasteiger partial charge is 0.187 e. The molecule has 6 heteroatoms. The van der Waals surface area contributed by atoms with Crippen LogP contribution in [-0.2, 0) is 22.4 Å². The zero-order chi connectivity index (χ0) is 20.1. The van der Waals surface area contributed by atoms with E-state index in [0.29, 0.717) is 13.2 Å². The molecule has 1 aliphatic heterocycles. The second-order valence-corrected chi connectivity index (χ2v) is 8.98. The van der Waals surface area contributed by atoms with Gasteiger partial charge in [0.05, 0.1) is 25.6 Å². The molecule has 3 aromatic rings. The van der Waals surface area contributed by atoms with Gasteiger partial charge in [-0.05, 0) is 43.2 Å². The number of hydrogen-bond donors (Lipinski definition) is 0. The van der Waals surface area contributed by atoms with E-state index < -0.39 is 5.79 Å². The molecule has 1 fully saturated rings. The first-order chi connectivity index (χ1) is 14.1. The zero-order valence-electron chi connectivity index (χ0n) is 16.5. The average Bonchev–Trinajstić information content (AvgIpc) is 3.38. The van der Waals surface area contributed by atoms with E-state index in [1.807, 2.05) is 41.0 Å². The quantitative estimate of drug-likeness (QED) is 0.451. The average molecular weight is 429 g/mol. The Hall–Kier alpha value is -1.79. The van der Waals surface area contributed by atoms with Crippen molar-refractivity contribution in [1.82, 2.24) is 9.55 Å². The maximum atomic E-state index is 6.50. The maximum Gasteiger partial charge on any atom is 0.187 e. The Morgan fingerprint density at radius 1 is 1.17 bits per heavy atom. The third kappa shape index (κ3) is 5.64. The molecular weight excluding hydrogens is 404 g/mol. The summed E-state index contributed by atoms with van der Waals surface area (Å²) in [5.41, 5.74) is 2.50. The van der Waals surface area contributed by atoms with Gasteiger partial charge in [-0.3, -0.25) is 0 Å². The Bertz CT molecular complexity index is 900. The largest absolute Gasteiger partial charge is 0.345 e. The van der Waals surface area contributed by atoms with Crippen LogP contribution in [0, 0.1) is 6.92 Å². The van der Waals surface area contributed by atoms with E-state index in [1.54, 1.807) is 6.20 Å². The van der Waals surface area contributed by atoms with Gasteiger partial charge in [0.25, 0.3) is 0 Å². The molecule has 1 aromatic heterocycles. The minimum atomic E-state index is -0.640. The third-order valence-corrected chi connectivity index (χ3v) is 6.46. The van der Waals surface area contributed by atoms with Crippen LogP contribution >= 0.6 is 23.4 Å². The first-order valence-electron chi connectivity index (χ1n) is 9.82. The molecule has 0 amide bonds. The van der Waals surface area contributed by atoms with Gasteiger partial charge in [0.15, 0.2) is 5.79 Å². The summed E-state index contributed by atoms with van der Waals surface area (Å²) in [5.74, 6) is 0.231. The number of halogens is 1. The van der Waals surface area contributed by atoms with Crippen LogP contribution in [0.15, 0.2) is 72.1 Å². The SMILES string of the molecule is Cc1ccc(SC[C@H]2CO[C@@](CCc3ccc(Cl)cc3)(Cn3ccnc3)O2)cc1. The fourth-order valence-corrected chi connectivity index (χ4v) is 4.46. The zero-order valence-corrected chi connectivity index (χ0v) is 18.0. The fraction of sp³-hybridized carbons (Fsp3) is 0.348. The lowest BCUT2D eigenvalue weighted by Crippen LogP contribution is -2.37. The van der Waals surface area contributed by atoms with E-state index in [0.717, 1.165) is 23.6 Å². The predicted molar refractivity (Wildman–Crippen MR) is 117 cm³/mol. The van der Waals surface area contributed by atoms with Gasteiger partial charge in [0.1, 0.15) is 0 Å². The molecule has 2 aromatic carbocycles. The van der Waals surface area contributed by atoms with Gasteiger partial charge in [-0.1, -0.05) is 41.4 Å². The summed E-state index contributed by atoms with van der Waals surface area (Å²) >= 11 is 7.82. The number of nitrogens with zero attached hydrogens (tertiary/aromatic N) is 2. The number of thioether (sulfide) groups is 1. The minimum absolute atomic E-state index is 0.0649. The molecule has 4 rings (SSSR count). The molecule has 0 bridgehead atoms. The van der Waals surface area contributed by atoms with Crippen LogP contribution in [0.3, 0.4) is 0 Å². The van der Waals surface area contributed by atoms with Gasteiger partial charge >= 0.3 is 0 Å². The predicted octanol–water partition coefficient (Wildman–Crippen LogP) is 5.38. The molecule has 0 radical (unpaired) electrons. The van der Waals surface area contributed by atoms with Crippen molar-refractivity contribution >= 4 is 23.4 Å². The molecule has 4 nitrogen and oxygen atoms in total. The Kier molecular flexibility index (Phi) is 6.60. The van der Waals surface area contributed by atoms with Crippen molar-refractivity contribution in [2.45, 2.75) is 43.1 Å². The normalized spacial score (nSPS) is 21.5. The molecule has 152 valence electrons. The number of aryl methyl sites for hydroxylation is 2. The van der Waals surface area contributed by atoms with E-state index >= 15 is 0 Å². The van der Waals surface area contributed by atoms with Crippen molar-refractivity contribution < 1.29 is 9.47 Å². The van der Waals surface area contributed by atoms with Crippen LogP contribution < -0.4 is 0 Å². The van der Waals surface area contributed by atoms with Gasteiger partial charge < -0.3 is 14.0 Å². The van der Waals surface area contributed by atoms with Crippen molar-refractivity contribution in [2.75, 3.05) is 12.4 Å². The first-order valence-corrected chi connectivity index (χ1v) is 11.2. The van der Waals surface area contributed by atoms with E-state index in [-0.39, 0.29) is 6.10 Å². The molecular formula is C23H25ClN2O2S. The van der Waals surface area contributed by atoms with Crippen molar-refractivity contribution in [1.29, 1.82) is 0 Å². The number of benzene rings is 2. The number of imidazole rings is 1. The second kappa shape index (κ2) is 9.35. The number of aromatic nitrogens is 2. The molecule has 0 spiro atoms. The maximum absolute atomic E-state index is 6.50. The lowest BCUT2D eigenvalue weighted by Gasteiger charge is -2.28. The van der Waals surface area contributed by atoms with Crippen LogP contribution in [0.1, 0.15) is 17.5 Å². The molecule has 1 aliphatic rings. The Morgan fingerprint density at radius 2 is 1.97 bits per heavy atom. The lowest BCUT2D eigenvalue weighted by molar-refractivity contribution is -0.180. The summed E-state index contributed by atoms with van der Waals surface area (Å²) < 4.78 is 14.8.